The van der Waals surface area contributed by atoms with Gasteiger partial charge in [-0.1, -0.05) is 24.3 Å². The van der Waals surface area contributed by atoms with E-state index in [0.29, 0.717) is 11.1 Å². The number of non-ortho nitro benzene ring substituents is 1. The number of rotatable bonds is 8. The van der Waals surface area contributed by atoms with Crippen molar-refractivity contribution in [1.29, 1.82) is 5.26 Å². The number of nitro benzene ring substituents is 1. The van der Waals surface area contributed by atoms with Crippen LogP contribution in [0.5, 0.6) is 5.75 Å². The lowest BCUT2D eigenvalue weighted by molar-refractivity contribution is -0.385. The molecule has 10 nitrogen and oxygen atoms in total. The largest absolute Gasteiger partial charge is 0.495 e. The van der Waals surface area contributed by atoms with Gasteiger partial charge in [0.2, 0.25) is 0 Å². The Morgan fingerprint density at radius 1 is 1.09 bits per heavy atom. The lowest BCUT2D eigenvalue weighted by atomic mass is 10.2. The predicted octanol–water partition coefficient (Wildman–Crippen LogP) is 3.72. The zero-order chi connectivity index (χ0) is 23.1. The number of nitro groups is 1. The molecule has 11 heteroatoms. The van der Waals surface area contributed by atoms with Crippen molar-refractivity contribution < 1.29 is 18.1 Å². The number of hydrogen-bond acceptors (Lipinski definition) is 8. The van der Waals surface area contributed by atoms with E-state index < -0.39 is 20.6 Å². The molecule has 0 heterocycles. The Balaban J connectivity index is 1.94. The number of nitriles is 1. The molecular weight excluding hydrogens is 434 g/mol. The maximum atomic E-state index is 13.1. The highest BCUT2D eigenvalue weighted by molar-refractivity contribution is 7.93. The van der Waals surface area contributed by atoms with Gasteiger partial charge >= 0.3 is 0 Å². The summed E-state index contributed by atoms with van der Waals surface area (Å²) in [7, 11) is -2.85. The first kappa shape index (κ1) is 22.3. The quantitative estimate of drug-likeness (QED) is 0.301. The first-order chi connectivity index (χ1) is 15.3. The Hall–Kier alpha value is -4.43. The first-order valence-corrected chi connectivity index (χ1v) is 10.6. The van der Waals surface area contributed by atoms with Gasteiger partial charge in [-0.15, -0.1) is 0 Å². The second-order valence-electron chi connectivity index (χ2n) is 6.35. The molecule has 0 aliphatic heterocycles. The Morgan fingerprint density at radius 3 is 2.47 bits per heavy atom. The fourth-order valence-electron chi connectivity index (χ4n) is 2.69. The summed E-state index contributed by atoms with van der Waals surface area (Å²) in [4.78, 5) is 10.1. The van der Waals surface area contributed by atoms with Crippen molar-refractivity contribution in [2.24, 2.45) is 5.10 Å². The standard InChI is InChI=1S/C21H17N5O5S/c1-31-20-5-3-2-4-18(20)25-32(29,30)21-12-17(26(27)28)10-11-19(21)24-23-14-16-8-6-15(13-22)7-9-16/h2-12,14,24-25H,1H3/b23-14+. The molecule has 0 bridgehead atoms. The van der Waals surface area contributed by atoms with E-state index in [9.17, 15) is 18.5 Å². The second kappa shape index (κ2) is 9.59. The number of nitrogens with zero attached hydrogens (tertiary/aromatic N) is 3. The van der Waals surface area contributed by atoms with Crippen molar-refractivity contribution in [1.82, 2.24) is 0 Å². The van der Waals surface area contributed by atoms with Gasteiger partial charge in [0.25, 0.3) is 15.7 Å². The highest BCUT2D eigenvalue weighted by atomic mass is 32.2. The van der Waals surface area contributed by atoms with Gasteiger partial charge in [-0.2, -0.15) is 10.4 Å². The molecule has 0 aliphatic rings. The maximum absolute atomic E-state index is 13.1. The van der Waals surface area contributed by atoms with Gasteiger partial charge in [0, 0.05) is 12.1 Å². The van der Waals surface area contributed by atoms with E-state index in [1.807, 2.05) is 6.07 Å². The van der Waals surface area contributed by atoms with Crippen LogP contribution in [0.25, 0.3) is 0 Å². The minimum Gasteiger partial charge on any atom is -0.495 e. The summed E-state index contributed by atoms with van der Waals surface area (Å²) in [6.45, 7) is 0. The molecule has 0 spiro atoms. The van der Waals surface area contributed by atoms with Gasteiger partial charge < -0.3 is 4.74 Å². The highest BCUT2D eigenvalue weighted by Crippen LogP contribution is 2.31. The molecule has 0 atom stereocenters. The number of anilines is 2. The second-order valence-corrected chi connectivity index (χ2v) is 8.00. The number of hydrazone groups is 1. The highest BCUT2D eigenvalue weighted by Gasteiger charge is 2.23. The third-order valence-electron chi connectivity index (χ3n) is 4.26. The molecule has 3 rings (SSSR count). The van der Waals surface area contributed by atoms with E-state index in [1.54, 1.807) is 42.5 Å². The minimum atomic E-state index is -4.24. The summed E-state index contributed by atoms with van der Waals surface area (Å²) in [6, 6.07) is 18.3. The van der Waals surface area contributed by atoms with Crippen molar-refractivity contribution in [3.63, 3.8) is 0 Å². The molecule has 3 aromatic carbocycles. The van der Waals surface area contributed by atoms with E-state index in [1.165, 1.54) is 31.5 Å². The van der Waals surface area contributed by atoms with Crippen LogP contribution < -0.4 is 14.9 Å². The fraction of sp³-hybridized carbons (Fsp3) is 0.0476. The summed E-state index contributed by atoms with van der Waals surface area (Å²) in [5.41, 5.74) is 3.57. The smallest absolute Gasteiger partial charge is 0.270 e. The molecule has 0 amide bonds. The Bertz CT molecular complexity index is 1320. The van der Waals surface area contributed by atoms with Crippen LogP contribution in [0.4, 0.5) is 17.1 Å². The van der Waals surface area contributed by atoms with Crippen LogP contribution in [-0.4, -0.2) is 26.7 Å². The number of nitrogens with one attached hydrogen (secondary N) is 2. The van der Waals surface area contributed by atoms with Gasteiger partial charge in [0.1, 0.15) is 10.6 Å². The summed E-state index contributed by atoms with van der Waals surface area (Å²) in [5, 5.41) is 24.1. The molecule has 2 N–H and O–H groups in total. The van der Waals surface area contributed by atoms with Crippen molar-refractivity contribution >= 4 is 33.3 Å². The van der Waals surface area contributed by atoms with E-state index in [-0.39, 0.29) is 22.0 Å². The van der Waals surface area contributed by atoms with Gasteiger partial charge in [-0.25, -0.2) is 8.42 Å². The van der Waals surface area contributed by atoms with Crippen molar-refractivity contribution in [2.45, 2.75) is 4.90 Å². The van der Waals surface area contributed by atoms with Crippen molar-refractivity contribution in [2.75, 3.05) is 17.3 Å². The molecule has 0 fully saturated rings. The number of sulfonamides is 1. The zero-order valence-electron chi connectivity index (χ0n) is 16.7. The summed E-state index contributed by atoms with van der Waals surface area (Å²) in [6.07, 6.45) is 1.42. The Labute approximate surface area is 184 Å². The molecular formula is C21H17N5O5S. The topological polar surface area (TPSA) is 147 Å². The molecule has 162 valence electrons. The molecule has 32 heavy (non-hydrogen) atoms. The lowest BCUT2D eigenvalue weighted by Crippen LogP contribution is -2.15. The first-order valence-electron chi connectivity index (χ1n) is 9.07. The van der Waals surface area contributed by atoms with Crippen LogP contribution >= 0.6 is 0 Å². The molecule has 0 saturated carbocycles. The van der Waals surface area contributed by atoms with Crippen LogP contribution in [0.2, 0.25) is 0 Å². The van der Waals surface area contributed by atoms with Crippen molar-refractivity contribution in [3.8, 4) is 11.8 Å². The van der Waals surface area contributed by atoms with Crippen LogP contribution in [-0.2, 0) is 10.0 Å². The number of para-hydroxylation sites is 2. The van der Waals surface area contributed by atoms with Crippen LogP contribution in [0, 0.1) is 21.4 Å². The molecule has 0 aromatic heterocycles. The average Bonchev–Trinajstić information content (AvgIpc) is 2.79. The zero-order valence-corrected chi connectivity index (χ0v) is 17.5. The van der Waals surface area contributed by atoms with Gasteiger partial charge in [0.15, 0.2) is 0 Å². The Kier molecular flexibility index (Phi) is 6.67. The number of ether oxygens (including phenoxy) is 1. The summed E-state index contributed by atoms with van der Waals surface area (Å²) in [5.74, 6) is 0.287. The third kappa shape index (κ3) is 5.18. The van der Waals surface area contributed by atoms with E-state index >= 15 is 0 Å². The number of methoxy groups -OCH3 is 1. The summed E-state index contributed by atoms with van der Waals surface area (Å²) < 4.78 is 33.7. The molecule has 3 aromatic rings. The van der Waals surface area contributed by atoms with Gasteiger partial charge in [-0.05, 0) is 35.9 Å². The maximum Gasteiger partial charge on any atom is 0.270 e. The average molecular weight is 451 g/mol. The lowest BCUT2D eigenvalue weighted by Gasteiger charge is -2.14. The predicted molar refractivity (Wildman–Crippen MR) is 119 cm³/mol. The fourth-order valence-corrected chi connectivity index (χ4v) is 3.94. The normalized spacial score (nSPS) is 11.0. The molecule has 0 unspecified atom stereocenters. The minimum absolute atomic E-state index is 0.0305. The molecule has 0 saturated heterocycles. The van der Waals surface area contributed by atoms with Gasteiger partial charge in [0.05, 0.1) is 41.3 Å². The van der Waals surface area contributed by atoms with Crippen LogP contribution in [0.1, 0.15) is 11.1 Å². The van der Waals surface area contributed by atoms with Crippen LogP contribution in [0.15, 0.2) is 76.7 Å². The van der Waals surface area contributed by atoms with Crippen LogP contribution in [0.3, 0.4) is 0 Å². The molecule has 0 radical (unpaired) electrons. The number of benzene rings is 3. The molecule has 0 aliphatic carbocycles. The summed E-state index contributed by atoms with van der Waals surface area (Å²) >= 11 is 0. The van der Waals surface area contributed by atoms with Crippen molar-refractivity contribution in [3.05, 3.63) is 88.0 Å². The van der Waals surface area contributed by atoms with E-state index in [2.05, 4.69) is 15.2 Å². The van der Waals surface area contributed by atoms with E-state index in [0.717, 1.165) is 6.07 Å². The van der Waals surface area contributed by atoms with E-state index in [4.69, 9.17) is 10.00 Å². The monoisotopic (exact) mass is 451 g/mol. The SMILES string of the molecule is COc1ccccc1NS(=O)(=O)c1cc([N+](=O)[O-])ccc1N/N=C/c1ccc(C#N)cc1. The third-order valence-corrected chi connectivity index (χ3v) is 5.66. The Morgan fingerprint density at radius 2 is 1.81 bits per heavy atom. The number of hydrogen-bond donors (Lipinski definition) is 2. The van der Waals surface area contributed by atoms with Gasteiger partial charge in [-0.3, -0.25) is 20.3 Å².